The molecule has 0 aliphatic carbocycles. The highest BCUT2D eigenvalue weighted by Crippen LogP contribution is 2.28. The summed E-state index contributed by atoms with van der Waals surface area (Å²) in [6, 6.07) is 15.1. The lowest BCUT2D eigenvalue weighted by molar-refractivity contribution is -0.121. The van der Waals surface area contributed by atoms with Crippen LogP contribution >= 0.6 is 0 Å². The van der Waals surface area contributed by atoms with Crippen molar-refractivity contribution in [1.29, 1.82) is 0 Å². The zero-order valence-electron chi connectivity index (χ0n) is 16.2. The maximum Gasteiger partial charge on any atom is 0.240 e. The SMILES string of the molecule is COc1ccc(/C=N\NC(=O)C[C@@H]2CCS(=O)(=O)C2)cc1OCc1ccccc1. The van der Waals surface area contributed by atoms with E-state index in [1.165, 1.54) is 6.21 Å². The Morgan fingerprint density at radius 2 is 2.00 bits per heavy atom. The van der Waals surface area contributed by atoms with Crippen molar-refractivity contribution >= 4 is 22.0 Å². The van der Waals surface area contributed by atoms with Gasteiger partial charge < -0.3 is 9.47 Å². The Kier molecular flexibility index (Phi) is 6.87. The molecule has 1 fully saturated rings. The van der Waals surface area contributed by atoms with Crippen molar-refractivity contribution in [2.75, 3.05) is 18.6 Å². The number of benzene rings is 2. The number of rotatable bonds is 8. The average molecular weight is 416 g/mol. The summed E-state index contributed by atoms with van der Waals surface area (Å²) in [7, 11) is -1.41. The van der Waals surface area contributed by atoms with E-state index >= 15 is 0 Å². The fraction of sp³-hybridized carbons (Fsp3) is 0.333. The largest absolute Gasteiger partial charge is 0.493 e. The standard InChI is InChI=1S/C21H24N2O5S/c1-27-19-8-7-17(11-20(19)28-14-16-5-3-2-4-6-16)13-22-23-21(24)12-18-9-10-29(25,26)15-18/h2-8,11,13,18H,9-10,12,14-15H2,1H3,(H,23,24)/b22-13-/t18-/m0/s1. The van der Waals surface area contributed by atoms with Crippen molar-refractivity contribution in [2.45, 2.75) is 19.4 Å². The molecule has 2 aromatic rings. The van der Waals surface area contributed by atoms with Gasteiger partial charge in [-0.25, -0.2) is 13.8 Å². The number of carbonyl (C=O) groups is 1. The first-order valence-electron chi connectivity index (χ1n) is 9.32. The minimum atomic E-state index is -2.99. The van der Waals surface area contributed by atoms with Crippen LogP contribution in [0.4, 0.5) is 0 Å². The lowest BCUT2D eigenvalue weighted by Gasteiger charge is -2.11. The van der Waals surface area contributed by atoms with Crippen molar-refractivity contribution in [2.24, 2.45) is 11.0 Å². The average Bonchev–Trinajstić information content (AvgIpc) is 3.05. The number of hydrogen-bond acceptors (Lipinski definition) is 6. The first-order valence-corrected chi connectivity index (χ1v) is 11.1. The molecule has 1 aliphatic rings. The van der Waals surface area contributed by atoms with Gasteiger partial charge in [-0.05, 0) is 41.7 Å². The quantitative estimate of drug-likeness (QED) is 0.527. The molecule has 0 spiro atoms. The molecule has 7 nitrogen and oxygen atoms in total. The Bertz CT molecular complexity index is 974. The molecule has 1 aliphatic heterocycles. The van der Waals surface area contributed by atoms with Crippen LogP contribution in [0.2, 0.25) is 0 Å². The monoisotopic (exact) mass is 416 g/mol. The third kappa shape index (κ3) is 6.32. The molecule has 0 unspecified atom stereocenters. The van der Waals surface area contributed by atoms with Gasteiger partial charge in [-0.2, -0.15) is 5.10 Å². The summed E-state index contributed by atoms with van der Waals surface area (Å²) in [6.07, 6.45) is 2.20. The minimum absolute atomic E-state index is 0.0741. The minimum Gasteiger partial charge on any atom is -0.493 e. The van der Waals surface area contributed by atoms with E-state index in [1.54, 1.807) is 25.3 Å². The Morgan fingerprint density at radius 3 is 2.69 bits per heavy atom. The molecule has 3 rings (SSSR count). The number of carbonyl (C=O) groups excluding carboxylic acids is 1. The molecule has 1 heterocycles. The van der Waals surface area contributed by atoms with E-state index in [1.807, 2.05) is 30.3 Å². The molecular weight excluding hydrogens is 392 g/mol. The zero-order chi connectivity index (χ0) is 20.7. The van der Waals surface area contributed by atoms with E-state index in [9.17, 15) is 13.2 Å². The Morgan fingerprint density at radius 1 is 1.21 bits per heavy atom. The molecule has 1 N–H and O–H groups in total. The van der Waals surface area contributed by atoms with Gasteiger partial charge in [0.1, 0.15) is 6.61 Å². The molecule has 1 saturated heterocycles. The van der Waals surface area contributed by atoms with Crippen LogP contribution in [0.3, 0.4) is 0 Å². The van der Waals surface area contributed by atoms with Crippen molar-refractivity contribution in [1.82, 2.24) is 5.43 Å². The van der Waals surface area contributed by atoms with Gasteiger partial charge >= 0.3 is 0 Å². The molecule has 0 aromatic heterocycles. The highest BCUT2D eigenvalue weighted by molar-refractivity contribution is 7.91. The lowest BCUT2D eigenvalue weighted by Crippen LogP contribution is -2.21. The molecule has 1 atom stereocenters. The summed E-state index contributed by atoms with van der Waals surface area (Å²) >= 11 is 0. The third-order valence-electron chi connectivity index (χ3n) is 4.63. The van der Waals surface area contributed by atoms with Crippen LogP contribution in [0.1, 0.15) is 24.0 Å². The summed E-state index contributed by atoms with van der Waals surface area (Å²) in [4.78, 5) is 12.0. The summed E-state index contributed by atoms with van der Waals surface area (Å²) in [5.74, 6) is 0.982. The summed E-state index contributed by atoms with van der Waals surface area (Å²) in [5, 5.41) is 3.96. The van der Waals surface area contributed by atoms with E-state index in [0.717, 1.165) is 11.1 Å². The number of ether oxygens (including phenoxy) is 2. The fourth-order valence-electron chi connectivity index (χ4n) is 3.14. The van der Waals surface area contributed by atoms with Crippen LogP contribution in [0.25, 0.3) is 0 Å². The van der Waals surface area contributed by atoms with Gasteiger partial charge in [0.25, 0.3) is 0 Å². The normalized spacial score (nSPS) is 17.9. The molecule has 0 radical (unpaired) electrons. The molecule has 154 valence electrons. The first kappa shape index (κ1) is 20.9. The van der Waals surface area contributed by atoms with E-state index in [0.29, 0.717) is 24.5 Å². The zero-order valence-corrected chi connectivity index (χ0v) is 17.0. The summed E-state index contributed by atoms with van der Waals surface area (Å²) < 4.78 is 34.1. The van der Waals surface area contributed by atoms with Gasteiger partial charge in [0, 0.05) is 6.42 Å². The van der Waals surface area contributed by atoms with Gasteiger partial charge in [0.15, 0.2) is 21.3 Å². The molecule has 8 heteroatoms. The second-order valence-electron chi connectivity index (χ2n) is 6.95. The number of hydrazone groups is 1. The van der Waals surface area contributed by atoms with Crippen LogP contribution in [0.15, 0.2) is 53.6 Å². The number of hydrogen-bond donors (Lipinski definition) is 1. The van der Waals surface area contributed by atoms with Crippen LogP contribution in [0, 0.1) is 5.92 Å². The lowest BCUT2D eigenvalue weighted by atomic mass is 10.1. The van der Waals surface area contributed by atoms with Crippen molar-refractivity contribution < 1.29 is 22.7 Å². The predicted molar refractivity (Wildman–Crippen MR) is 111 cm³/mol. The van der Waals surface area contributed by atoms with Crippen LogP contribution in [-0.4, -0.2) is 39.2 Å². The van der Waals surface area contributed by atoms with E-state index in [-0.39, 0.29) is 29.8 Å². The van der Waals surface area contributed by atoms with Gasteiger partial charge in [-0.1, -0.05) is 30.3 Å². The summed E-state index contributed by atoms with van der Waals surface area (Å²) in [6.45, 7) is 0.402. The third-order valence-corrected chi connectivity index (χ3v) is 6.47. The number of nitrogens with zero attached hydrogens (tertiary/aromatic N) is 1. The Labute approximate surface area is 170 Å². The van der Waals surface area contributed by atoms with E-state index in [2.05, 4.69) is 10.5 Å². The van der Waals surface area contributed by atoms with Gasteiger partial charge in [0.05, 0.1) is 24.8 Å². The van der Waals surface area contributed by atoms with Gasteiger partial charge in [-0.3, -0.25) is 4.79 Å². The Balaban J connectivity index is 1.56. The Hall–Kier alpha value is -2.87. The van der Waals surface area contributed by atoms with Crippen LogP contribution in [0.5, 0.6) is 11.5 Å². The topological polar surface area (TPSA) is 94.1 Å². The second-order valence-corrected chi connectivity index (χ2v) is 9.18. The molecule has 0 saturated carbocycles. The van der Waals surface area contributed by atoms with Crippen LogP contribution in [-0.2, 0) is 21.2 Å². The van der Waals surface area contributed by atoms with Crippen molar-refractivity contribution in [3.05, 3.63) is 59.7 Å². The van der Waals surface area contributed by atoms with Gasteiger partial charge in [-0.15, -0.1) is 0 Å². The smallest absolute Gasteiger partial charge is 0.240 e. The first-order chi connectivity index (χ1) is 13.9. The number of sulfone groups is 1. The summed E-state index contributed by atoms with van der Waals surface area (Å²) in [5.41, 5.74) is 4.23. The molecule has 29 heavy (non-hydrogen) atoms. The second kappa shape index (κ2) is 9.56. The highest BCUT2D eigenvalue weighted by atomic mass is 32.2. The van der Waals surface area contributed by atoms with Crippen molar-refractivity contribution in [3.8, 4) is 11.5 Å². The number of nitrogens with one attached hydrogen (secondary N) is 1. The maximum absolute atomic E-state index is 12.0. The highest BCUT2D eigenvalue weighted by Gasteiger charge is 2.29. The van der Waals surface area contributed by atoms with E-state index in [4.69, 9.17) is 9.47 Å². The van der Waals surface area contributed by atoms with E-state index < -0.39 is 9.84 Å². The molecule has 0 bridgehead atoms. The van der Waals surface area contributed by atoms with Crippen molar-refractivity contribution in [3.63, 3.8) is 0 Å². The number of methoxy groups -OCH3 is 1. The molecule has 1 amide bonds. The fourth-order valence-corrected chi connectivity index (χ4v) is 5.00. The molecule has 2 aromatic carbocycles. The molecular formula is C21H24N2O5S. The number of amides is 1. The maximum atomic E-state index is 12.0. The van der Waals surface area contributed by atoms with Crippen LogP contribution < -0.4 is 14.9 Å². The van der Waals surface area contributed by atoms with Gasteiger partial charge in [0.2, 0.25) is 5.91 Å². The predicted octanol–water partition coefficient (Wildman–Crippen LogP) is 2.55.